The predicted octanol–water partition coefficient (Wildman–Crippen LogP) is 2.16. The van der Waals surface area contributed by atoms with Gasteiger partial charge < -0.3 is 9.47 Å². The molecule has 0 bridgehead atoms. The number of aryl methyl sites for hydroxylation is 2. The Kier molecular flexibility index (Phi) is 4.50. The highest BCUT2D eigenvalue weighted by Crippen LogP contribution is 2.26. The quantitative estimate of drug-likeness (QED) is 0.514. The summed E-state index contributed by atoms with van der Waals surface area (Å²) in [6, 6.07) is 20.1. The minimum absolute atomic E-state index is 0.260. The molecule has 0 amide bonds. The second kappa shape index (κ2) is 7.33. The van der Waals surface area contributed by atoms with Crippen molar-refractivity contribution < 1.29 is 0 Å². The highest BCUT2D eigenvalue weighted by atomic mass is 16.2. The monoisotopic (exact) mass is 401 g/mol. The van der Waals surface area contributed by atoms with Gasteiger partial charge in [-0.2, -0.15) is 4.98 Å². The molecule has 0 radical (unpaired) electrons. The van der Waals surface area contributed by atoms with Crippen molar-refractivity contribution in [3.63, 3.8) is 0 Å². The van der Waals surface area contributed by atoms with E-state index in [4.69, 9.17) is 0 Å². The lowest BCUT2D eigenvalue weighted by Gasteiger charge is -2.15. The summed E-state index contributed by atoms with van der Waals surface area (Å²) in [5.41, 5.74) is 2.66. The van der Waals surface area contributed by atoms with Gasteiger partial charge in [0.2, 0.25) is 5.95 Å². The van der Waals surface area contributed by atoms with Crippen molar-refractivity contribution >= 4 is 17.1 Å². The van der Waals surface area contributed by atoms with Gasteiger partial charge in [-0.1, -0.05) is 60.7 Å². The molecule has 0 spiro atoms. The molecule has 2 aromatic carbocycles. The van der Waals surface area contributed by atoms with E-state index >= 15 is 0 Å². The van der Waals surface area contributed by atoms with Crippen LogP contribution in [-0.2, 0) is 33.1 Å². The zero-order valence-electron chi connectivity index (χ0n) is 16.9. The highest BCUT2D eigenvalue weighted by Gasteiger charge is 2.27. The minimum Gasteiger partial charge on any atom is -0.336 e. The molecule has 7 nitrogen and oxygen atoms in total. The van der Waals surface area contributed by atoms with Gasteiger partial charge in [-0.05, 0) is 17.5 Å². The van der Waals surface area contributed by atoms with Gasteiger partial charge in [-0.15, -0.1) is 0 Å². The summed E-state index contributed by atoms with van der Waals surface area (Å²) in [7, 11) is 1.69. The zero-order valence-corrected chi connectivity index (χ0v) is 16.9. The van der Waals surface area contributed by atoms with Crippen molar-refractivity contribution in [3.05, 3.63) is 92.6 Å². The number of imidazole rings is 1. The van der Waals surface area contributed by atoms with Crippen LogP contribution in [0, 0.1) is 0 Å². The van der Waals surface area contributed by atoms with E-state index in [1.165, 1.54) is 14.7 Å². The van der Waals surface area contributed by atoms with E-state index in [0.29, 0.717) is 30.7 Å². The molecular formula is C23H23N5O2. The van der Waals surface area contributed by atoms with E-state index < -0.39 is 0 Å². The highest BCUT2D eigenvalue weighted by molar-refractivity contribution is 5.75. The minimum atomic E-state index is -0.324. The van der Waals surface area contributed by atoms with Crippen molar-refractivity contribution in [2.45, 2.75) is 26.1 Å². The van der Waals surface area contributed by atoms with Crippen LogP contribution in [0.25, 0.3) is 11.2 Å². The molecule has 0 atom stereocenters. The fourth-order valence-corrected chi connectivity index (χ4v) is 4.17. The maximum atomic E-state index is 13.3. The van der Waals surface area contributed by atoms with Gasteiger partial charge in [0, 0.05) is 33.2 Å². The fourth-order valence-electron chi connectivity index (χ4n) is 4.17. The van der Waals surface area contributed by atoms with E-state index in [2.05, 4.69) is 22.0 Å². The smallest absolute Gasteiger partial charge is 0.332 e. The van der Waals surface area contributed by atoms with Gasteiger partial charge in [0.25, 0.3) is 5.56 Å². The average molecular weight is 401 g/mol. The molecular weight excluding hydrogens is 378 g/mol. The lowest BCUT2D eigenvalue weighted by atomic mass is 10.1. The van der Waals surface area contributed by atoms with E-state index in [0.717, 1.165) is 24.6 Å². The van der Waals surface area contributed by atoms with Gasteiger partial charge in [0.1, 0.15) is 0 Å². The number of nitrogens with zero attached hydrogens (tertiary/aromatic N) is 5. The van der Waals surface area contributed by atoms with Crippen LogP contribution in [0.15, 0.2) is 70.3 Å². The van der Waals surface area contributed by atoms with Crippen molar-refractivity contribution in [2.75, 3.05) is 11.4 Å². The maximum Gasteiger partial charge on any atom is 0.332 e. The second-order valence-electron chi connectivity index (χ2n) is 7.68. The summed E-state index contributed by atoms with van der Waals surface area (Å²) in [5.74, 6) is 0.752. The Morgan fingerprint density at radius 3 is 2.27 bits per heavy atom. The first kappa shape index (κ1) is 18.4. The van der Waals surface area contributed by atoms with Gasteiger partial charge in [-0.3, -0.25) is 13.9 Å². The molecule has 152 valence electrons. The zero-order chi connectivity index (χ0) is 20.7. The molecule has 2 aromatic heterocycles. The number of rotatable bonds is 5. The molecule has 30 heavy (non-hydrogen) atoms. The summed E-state index contributed by atoms with van der Waals surface area (Å²) >= 11 is 0. The summed E-state index contributed by atoms with van der Waals surface area (Å²) in [5, 5.41) is 0. The largest absolute Gasteiger partial charge is 0.336 e. The van der Waals surface area contributed by atoms with E-state index in [9.17, 15) is 9.59 Å². The summed E-state index contributed by atoms with van der Waals surface area (Å²) < 4.78 is 4.79. The molecule has 5 rings (SSSR count). The lowest BCUT2D eigenvalue weighted by molar-refractivity contribution is 0.599. The first-order valence-electron chi connectivity index (χ1n) is 10.2. The van der Waals surface area contributed by atoms with Crippen molar-refractivity contribution in [1.29, 1.82) is 0 Å². The Morgan fingerprint density at radius 2 is 1.57 bits per heavy atom. The fraction of sp³-hybridized carbons (Fsp3) is 0.261. The molecule has 4 aromatic rings. The van der Waals surface area contributed by atoms with Crippen LogP contribution in [0.4, 0.5) is 5.95 Å². The van der Waals surface area contributed by atoms with Gasteiger partial charge in [-0.25, -0.2) is 4.79 Å². The molecule has 0 aliphatic carbocycles. The van der Waals surface area contributed by atoms with Crippen molar-refractivity contribution in [2.24, 2.45) is 7.05 Å². The third-order valence-electron chi connectivity index (χ3n) is 5.77. The Morgan fingerprint density at radius 1 is 0.900 bits per heavy atom. The van der Waals surface area contributed by atoms with Crippen molar-refractivity contribution in [1.82, 2.24) is 18.7 Å². The standard InChI is InChI=1S/C23H23N5O2/c1-25-20-19(21(29)28(23(25)30)13-12-17-8-4-2-5-9-17)27-15-14-26(22(27)24-20)16-18-10-6-3-7-11-18/h2-11H,12-16H2,1H3. The average Bonchev–Trinajstić information content (AvgIpc) is 3.34. The second-order valence-corrected chi connectivity index (χ2v) is 7.68. The number of hydrogen-bond donors (Lipinski definition) is 0. The molecule has 0 unspecified atom stereocenters. The molecule has 7 heteroatoms. The number of anilines is 1. The van der Waals surface area contributed by atoms with Crippen LogP contribution in [0.2, 0.25) is 0 Å². The first-order valence-corrected chi connectivity index (χ1v) is 10.2. The molecule has 1 aliphatic rings. The maximum absolute atomic E-state index is 13.3. The number of hydrogen-bond acceptors (Lipinski definition) is 4. The van der Waals surface area contributed by atoms with Crippen LogP contribution >= 0.6 is 0 Å². The van der Waals surface area contributed by atoms with E-state index in [-0.39, 0.29) is 11.2 Å². The number of benzene rings is 2. The summed E-state index contributed by atoms with van der Waals surface area (Å²) in [6.45, 7) is 2.55. The SMILES string of the molecule is Cn1c(=O)n(CCc2ccccc2)c(=O)c2c1nc1n2CCN1Cc1ccccc1. The van der Waals surface area contributed by atoms with Crippen LogP contribution in [0.5, 0.6) is 0 Å². The van der Waals surface area contributed by atoms with E-state index in [1.807, 2.05) is 53.1 Å². The van der Waals surface area contributed by atoms with Crippen LogP contribution in [0.3, 0.4) is 0 Å². The molecule has 0 fully saturated rings. The molecule has 1 aliphatic heterocycles. The van der Waals surface area contributed by atoms with Gasteiger partial charge in [0.15, 0.2) is 11.2 Å². The predicted molar refractivity (Wildman–Crippen MR) is 117 cm³/mol. The molecule has 0 N–H and O–H groups in total. The molecule has 3 heterocycles. The number of fused-ring (bicyclic) bond motifs is 3. The van der Waals surface area contributed by atoms with Crippen molar-refractivity contribution in [3.8, 4) is 0 Å². The van der Waals surface area contributed by atoms with Crippen LogP contribution in [-0.4, -0.2) is 25.2 Å². The topological polar surface area (TPSA) is 65.1 Å². The Bertz CT molecular complexity index is 1320. The van der Waals surface area contributed by atoms with Crippen LogP contribution in [0.1, 0.15) is 11.1 Å². The van der Waals surface area contributed by atoms with Crippen LogP contribution < -0.4 is 16.1 Å². The normalized spacial score (nSPS) is 13.2. The lowest BCUT2D eigenvalue weighted by Crippen LogP contribution is -2.40. The Hall–Kier alpha value is -3.61. The molecule has 0 saturated carbocycles. The summed E-state index contributed by atoms with van der Waals surface area (Å²) in [6.07, 6.45) is 0.628. The molecule has 0 saturated heterocycles. The van der Waals surface area contributed by atoms with Gasteiger partial charge >= 0.3 is 5.69 Å². The Balaban J connectivity index is 1.54. The Labute approximate surface area is 173 Å². The summed E-state index contributed by atoms with van der Waals surface area (Å²) in [4.78, 5) is 33.0. The van der Waals surface area contributed by atoms with E-state index in [1.54, 1.807) is 7.05 Å². The van der Waals surface area contributed by atoms with Gasteiger partial charge in [0.05, 0.1) is 0 Å². The first-order chi connectivity index (χ1) is 14.6. The number of aromatic nitrogens is 4. The third-order valence-corrected chi connectivity index (χ3v) is 5.77. The third kappa shape index (κ3) is 3.03.